The Kier molecular flexibility index (Phi) is 10.8. The molecule has 0 fully saturated rings. The normalized spacial score (nSPS) is 17.4. The first-order valence-corrected chi connectivity index (χ1v) is 10.6. The molecule has 1 rings (SSSR count). The van der Waals surface area contributed by atoms with E-state index in [1.165, 1.54) is 63.4 Å². The van der Waals surface area contributed by atoms with Gasteiger partial charge in [0.25, 0.3) is 0 Å². The van der Waals surface area contributed by atoms with E-state index in [2.05, 4.69) is 39.8 Å². The van der Waals surface area contributed by atoms with Crippen LogP contribution < -0.4 is 0 Å². The predicted octanol–water partition coefficient (Wildman–Crippen LogP) is 7.14. The van der Waals surface area contributed by atoms with Crippen molar-refractivity contribution < 1.29 is 9.53 Å². The van der Waals surface area contributed by atoms with Gasteiger partial charge in [-0.05, 0) is 31.3 Å². The van der Waals surface area contributed by atoms with Crippen molar-refractivity contribution in [3.8, 4) is 0 Å². The maximum absolute atomic E-state index is 12.2. The van der Waals surface area contributed by atoms with Crippen LogP contribution in [0.1, 0.15) is 105 Å². The fourth-order valence-electron chi connectivity index (χ4n) is 3.46. The van der Waals surface area contributed by atoms with Crippen molar-refractivity contribution in [2.75, 3.05) is 6.61 Å². The van der Waals surface area contributed by atoms with Crippen molar-refractivity contribution in [1.82, 2.24) is 0 Å². The van der Waals surface area contributed by atoms with Gasteiger partial charge in [-0.3, -0.25) is 0 Å². The SMILES string of the molecule is CCCCCCCCC/C=C/C1=C(CCCCC)C(=O)OCC1(C)C. The van der Waals surface area contributed by atoms with Crippen molar-refractivity contribution in [3.05, 3.63) is 23.3 Å². The highest BCUT2D eigenvalue weighted by atomic mass is 16.5. The number of hydrogen-bond donors (Lipinski definition) is 0. The van der Waals surface area contributed by atoms with Gasteiger partial charge < -0.3 is 4.74 Å². The number of allylic oxidation sites excluding steroid dienone is 2. The quantitative estimate of drug-likeness (QED) is 0.261. The highest BCUT2D eigenvalue weighted by Gasteiger charge is 2.33. The summed E-state index contributed by atoms with van der Waals surface area (Å²) in [5, 5.41) is 0. The minimum Gasteiger partial charge on any atom is -0.461 e. The topological polar surface area (TPSA) is 26.3 Å². The van der Waals surface area contributed by atoms with E-state index in [4.69, 9.17) is 4.74 Å². The molecule has 0 bridgehead atoms. The lowest BCUT2D eigenvalue weighted by molar-refractivity contribution is -0.143. The smallest absolute Gasteiger partial charge is 0.334 e. The Labute approximate surface area is 156 Å². The van der Waals surface area contributed by atoms with E-state index in [9.17, 15) is 4.79 Å². The minimum absolute atomic E-state index is 0.0634. The zero-order chi connectivity index (χ0) is 18.5. The Morgan fingerprint density at radius 3 is 2.20 bits per heavy atom. The molecule has 2 heteroatoms. The van der Waals surface area contributed by atoms with Crippen LogP contribution in [-0.2, 0) is 9.53 Å². The van der Waals surface area contributed by atoms with Crippen LogP contribution in [-0.4, -0.2) is 12.6 Å². The Balaban J connectivity index is 2.53. The molecule has 25 heavy (non-hydrogen) atoms. The zero-order valence-electron chi connectivity index (χ0n) is 17.2. The summed E-state index contributed by atoms with van der Waals surface area (Å²) in [5.41, 5.74) is 2.06. The maximum atomic E-state index is 12.2. The summed E-state index contributed by atoms with van der Waals surface area (Å²) in [6.45, 7) is 9.33. The van der Waals surface area contributed by atoms with Gasteiger partial charge in [-0.25, -0.2) is 4.79 Å². The molecule has 0 aromatic heterocycles. The molecule has 1 aliphatic rings. The van der Waals surface area contributed by atoms with Crippen LogP contribution >= 0.6 is 0 Å². The number of hydrogen-bond acceptors (Lipinski definition) is 2. The lowest BCUT2D eigenvalue weighted by Gasteiger charge is -2.33. The van der Waals surface area contributed by atoms with E-state index < -0.39 is 0 Å². The van der Waals surface area contributed by atoms with Crippen LogP contribution in [0.5, 0.6) is 0 Å². The van der Waals surface area contributed by atoms with Crippen molar-refractivity contribution in [2.45, 2.75) is 105 Å². The maximum Gasteiger partial charge on any atom is 0.334 e. The summed E-state index contributed by atoms with van der Waals surface area (Å²) in [5.74, 6) is -0.0917. The summed E-state index contributed by atoms with van der Waals surface area (Å²) < 4.78 is 5.43. The zero-order valence-corrected chi connectivity index (χ0v) is 17.2. The molecule has 0 radical (unpaired) electrons. The van der Waals surface area contributed by atoms with Crippen molar-refractivity contribution in [1.29, 1.82) is 0 Å². The molecule has 0 atom stereocenters. The summed E-state index contributed by atoms with van der Waals surface area (Å²) in [4.78, 5) is 12.2. The molecule has 0 N–H and O–H groups in total. The molecule has 1 aliphatic heterocycles. The first-order valence-electron chi connectivity index (χ1n) is 10.6. The number of carbonyl (C=O) groups is 1. The number of esters is 1. The third-order valence-electron chi connectivity index (χ3n) is 5.15. The third-order valence-corrected chi connectivity index (χ3v) is 5.15. The Morgan fingerprint density at radius 1 is 0.920 bits per heavy atom. The lowest BCUT2D eigenvalue weighted by Crippen LogP contribution is -2.31. The van der Waals surface area contributed by atoms with Crippen molar-refractivity contribution >= 4 is 5.97 Å². The third kappa shape index (κ3) is 8.25. The highest BCUT2D eigenvalue weighted by Crippen LogP contribution is 2.36. The molecule has 0 saturated heterocycles. The molecule has 0 unspecified atom stereocenters. The second-order valence-electron chi connectivity index (χ2n) is 8.12. The molecule has 0 amide bonds. The van der Waals surface area contributed by atoms with Gasteiger partial charge in [0.2, 0.25) is 0 Å². The van der Waals surface area contributed by atoms with Crippen LogP contribution in [0.3, 0.4) is 0 Å². The molecule has 144 valence electrons. The Morgan fingerprint density at radius 2 is 1.52 bits per heavy atom. The van der Waals surface area contributed by atoms with Crippen molar-refractivity contribution in [2.24, 2.45) is 5.41 Å². The monoisotopic (exact) mass is 348 g/mol. The fraction of sp³-hybridized carbons (Fsp3) is 0.783. The highest BCUT2D eigenvalue weighted by molar-refractivity contribution is 5.91. The number of carbonyl (C=O) groups excluding carboxylic acids is 1. The van der Waals surface area contributed by atoms with Crippen LogP contribution in [0.2, 0.25) is 0 Å². The van der Waals surface area contributed by atoms with E-state index >= 15 is 0 Å². The molecule has 2 nitrogen and oxygen atoms in total. The second-order valence-corrected chi connectivity index (χ2v) is 8.12. The largest absolute Gasteiger partial charge is 0.461 e. The molecule has 0 aromatic carbocycles. The summed E-state index contributed by atoms with van der Waals surface area (Å²) in [7, 11) is 0. The van der Waals surface area contributed by atoms with E-state index in [1.54, 1.807) is 0 Å². The fourth-order valence-corrected chi connectivity index (χ4v) is 3.46. The number of ether oxygens (including phenoxy) is 1. The van der Waals surface area contributed by atoms with Crippen LogP contribution in [0.25, 0.3) is 0 Å². The first-order chi connectivity index (χ1) is 12.0. The van der Waals surface area contributed by atoms with Crippen LogP contribution in [0.15, 0.2) is 23.3 Å². The minimum atomic E-state index is -0.0917. The molecule has 1 heterocycles. The number of cyclic esters (lactones) is 1. The van der Waals surface area contributed by atoms with E-state index in [0.717, 1.165) is 24.8 Å². The van der Waals surface area contributed by atoms with Crippen molar-refractivity contribution in [3.63, 3.8) is 0 Å². The summed E-state index contributed by atoms with van der Waals surface area (Å²) in [6.07, 6.45) is 19.3. The van der Waals surface area contributed by atoms with Gasteiger partial charge in [-0.2, -0.15) is 0 Å². The molecular weight excluding hydrogens is 308 g/mol. The molecule has 0 saturated carbocycles. The summed E-state index contributed by atoms with van der Waals surface area (Å²) in [6, 6.07) is 0. The van der Waals surface area contributed by atoms with E-state index in [1.807, 2.05) is 0 Å². The van der Waals surface area contributed by atoms with E-state index in [-0.39, 0.29) is 11.4 Å². The average molecular weight is 349 g/mol. The first kappa shape index (κ1) is 22.0. The molecule has 0 aliphatic carbocycles. The average Bonchev–Trinajstić information content (AvgIpc) is 2.58. The molecule has 0 spiro atoms. The van der Waals surface area contributed by atoms with Crippen LogP contribution in [0.4, 0.5) is 0 Å². The van der Waals surface area contributed by atoms with E-state index in [0.29, 0.717) is 6.61 Å². The van der Waals surface area contributed by atoms with Gasteiger partial charge in [-0.1, -0.05) is 91.2 Å². The van der Waals surface area contributed by atoms with Gasteiger partial charge in [0.05, 0.1) is 0 Å². The number of unbranched alkanes of at least 4 members (excludes halogenated alkanes) is 9. The lowest BCUT2D eigenvalue weighted by atomic mass is 9.79. The molecular formula is C23H40O2. The van der Waals surface area contributed by atoms with Gasteiger partial charge in [0.15, 0.2) is 0 Å². The standard InChI is InChI=1S/C23H40O2/c1-5-7-9-10-11-12-13-14-16-18-21-20(17-15-8-6-2)22(24)25-19-23(21,3)4/h16,18H,5-15,17,19H2,1-4H3/b18-16+. The predicted molar refractivity (Wildman–Crippen MR) is 108 cm³/mol. The Hall–Kier alpha value is -1.05. The second kappa shape index (κ2) is 12.3. The van der Waals surface area contributed by atoms with Gasteiger partial charge >= 0.3 is 5.97 Å². The molecule has 0 aromatic rings. The summed E-state index contributed by atoms with van der Waals surface area (Å²) >= 11 is 0. The number of rotatable bonds is 13. The Bertz CT molecular complexity index is 443. The van der Waals surface area contributed by atoms with Gasteiger partial charge in [0, 0.05) is 11.0 Å². The van der Waals surface area contributed by atoms with Gasteiger partial charge in [0.1, 0.15) is 6.61 Å². The van der Waals surface area contributed by atoms with Crippen LogP contribution in [0, 0.1) is 5.41 Å². The van der Waals surface area contributed by atoms with Gasteiger partial charge in [-0.15, -0.1) is 0 Å².